The van der Waals surface area contributed by atoms with Crippen LogP contribution in [0.3, 0.4) is 0 Å². The number of halogens is 1. The second-order valence-electron chi connectivity index (χ2n) is 8.07. The van der Waals surface area contributed by atoms with Crippen molar-refractivity contribution >= 4 is 11.6 Å². The Morgan fingerprint density at radius 3 is 2.66 bits per heavy atom. The van der Waals surface area contributed by atoms with E-state index in [0.717, 1.165) is 17.7 Å². The predicted molar refractivity (Wildman–Crippen MR) is 125 cm³/mol. The third-order valence-electron chi connectivity index (χ3n) is 5.95. The molecule has 5 aromatic rings. The molecule has 6 rings (SSSR count). The first-order valence-electron chi connectivity index (χ1n) is 11.0. The van der Waals surface area contributed by atoms with E-state index < -0.39 is 5.82 Å². The van der Waals surface area contributed by atoms with E-state index in [-0.39, 0.29) is 17.5 Å². The van der Waals surface area contributed by atoms with Gasteiger partial charge in [0.1, 0.15) is 17.2 Å². The Kier molecular flexibility index (Phi) is 4.91. The van der Waals surface area contributed by atoms with Crippen LogP contribution in [-0.2, 0) is 11.2 Å². The molecule has 0 spiro atoms. The molecular formula is C25H18FN7O2. The van der Waals surface area contributed by atoms with Crippen molar-refractivity contribution in [3.8, 4) is 39.9 Å². The summed E-state index contributed by atoms with van der Waals surface area (Å²) in [6.07, 6.45) is 4.06. The fourth-order valence-electron chi connectivity index (χ4n) is 4.27. The Morgan fingerprint density at radius 1 is 1.03 bits per heavy atom. The molecule has 0 bridgehead atoms. The molecule has 1 aliphatic heterocycles. The van der Waals surface area contributed by atoms with Crippen molar-refractivity contribution in [3.63, 3.8) is 0 Å². The Balaban J connectivity index is 1.45. The van der Waals surface area contributed by atoms with Crippen LogP contribution >= 0.6 is 0 Å². The molecule has 2 aromatic carbocycles. The van der Waals surface area contributed by atoms with Gasteiger partial charge in [-0.1, -0.05) is 34.6 Å². The quantitative estimate of drug-likeness (QED) is 0.392. The Hall–Kier alpha value is -4.73. The number of amides is 1. The van der Waals surface area contributed by atoms with Crippen LogP contribution in [-0.4, -0.2) is 42.6 Å². The third-order valence-corrected chi connectivity index (χ3v) is 5.95. The summed E-state index contributed by atoms with van der Waals surface area (Å²) >= 11 is 0. The maximum absolute atomic E-state index is 14.6. The maximum atomic E-state index is 14.6. The molecule has 0 aliphatic carbocycles. The van der Waals surface area contributed by atoms with Gasteiger partial charge in [0.2, 0.25) is 11.7 Å². The normalized spacial score (nSPS) is 12.7. The van der Waals surface area contributed by atoms with Crippen LogP contribution in [0.25, 0.3) is 39.9 Å². The average Bonchev–Trinajstić information content (AvgIpc) is 3.62. The number of aromatic nitrogens is 6. The molecule has 35 heavy (non-hydrogen) atoms. The molecular weight excluding hydrogens is 449 g/mol. The fraction of sp³-hybridized carbons (Fsp3) is 0.120. The van der Waals surface area contributed by atoms with Crippen LogP contribution < -0.4 is 4.90 Å². The van der Waals surface area contributed by atoms with Crippen LogP contribution in [0, 0.1) is 5.82 Å². The molecule has 10 heteroatoms. The zero-order valence-electron chi connectivity index (χ0n) is 18.6. The molecule has 0 unspecified atom stereocenters. The lowest BCUT2D eigenvalue weighted by Crippen LogP contribution is -2.25. The lowest BCUT2D eigenvalue weighted by molar-refractivity contribution is -0.116. The largest absolute Gasteiger partial charge is 0.332 e. The zero-order chi connectivity index (χ0) is 23.9. The SMILES string of the molecule is CC(=O)N1CCc2ccc(-c3noc(-c4nnn(-c5ccccc5F)c4-c4ccncc4)n3)cc21. The minimum absolute atomic E-state index is 0.0125. The van der Waals surface area contributed by atoms with Gasteiger partial charge in [0.05, 0.1) is 0 Å². The van der Waals surface area contributed by atoms with Gasteiger partial charge in [-0.2, -0.15) is 4.98 Å². The van der Waals surface area contributed by atoms with Gasteiger partial charge in [-0.15, -0.1) is 5.10 Å². The van der Waals surface area contributed by atoms with E-state index in [9.17, 15) is 9.18 Å². The van der Waals surface area contributed by atoms with Crippen LogP contribution in [0.5, 0.6) is 0 Å². The zero-order valence-corrected chi connectivity index (χ0v) is 18.6. The number of nitrogens with zero attached hydrogens (tertiary/aromatic N) is 7. The van der Waals surface area contributed by atoms with Crippen molar-refractivity contribution in [1.29, 1.82) is 0 Å². The van der Waals surface area contributed by atoms with E-state index in [0.29, 0.717) is 34.9 Å². The monoisotopic (exact) mass is 467 g/mol. The van der Waals surface area contributed by atoms with Crippen molar-refractivity contribution in [1.82, 2.24) is 30.1 Å². The van der Waals surface area contributed by atoms with Gasteiger partial charge >= 0.3 is 0 Å². The fourth-order valence-corrected chi connectivity index (χ4v) is 4.27. The van der Waals surface area contributed by atoms with Crippen LogP contribution in [0.15, 0.2) is 71.5 Å². The average molecular weight is 467 g/mol. The number of carbonyl (C=O) groups excluding carboxylic acids is 1. The van der Waals surface area contributed by atoms with Crippen molar-refractivity contribution < 1.29 is 13.7 Å². The number of hydrogen-bond acceptors (Lipinski definition) is 7. The summed E-state index contributed by atoms with van der Waals surface area (Å²) < 4.78 is 21.6. The summed E-state index contributed by atoms with van der Waals surface area (Å²) in [6, 6.07) is 15.6. The molecule has 0 atom stereocenters. The topological polar surface area (TPSA) is 103 Å². The highest BCUT2D eigenvalue weighted by Crippen LogP contribution is 2.35. The molecule has 9 nitrogen and oxygen atoms in total. The van der Waals surface area contributed by atoms with Crippen molar-refractivity contribution in [2.75, 3.05) is 11.4 Å². The smallest absolute Gasteiger partial charge is 0.281 e. The Morgan fingerprint density at radius 2 is 1.86 bits per heavy atom. The highest BCUT2D eigenvalue weighted by Gasteiger charge is 2.26. The van der Waals surface area contributed by atoms with Crippen molar-refractivity contribution in [2.45, 2.75) is 13.3 Å². The number of fused-ring (bicyclic) bond motifs is 1. The maximum Gasteiger partial charge on any atom is 0.281 e. The molecule has 0 fully saturated rings. The molecule has 0 radical (unpaired) electrons. The summed E-state index contributed by atoms with van der Waals surface area (Å²) in [4.78, 5) is 22.3. The lowest BCUT2D eigenvalue weighted by atomic mass is 10.1. The van der Waals surface area contributed by atoms with E-state index in [2.05, 4.69) is 25.4 Å². The van der Waals surface area contributed by atoms with Gasteiger partial charge in [-0.25, -0.2) is 9.07 Å². The summed E-state index contributed by atoms with van der Waals surface area (Å²) in [5.41, 5.74) is 4.40. The highest BCUT2D eigenvalue weighted by atomic mass is 19.1. The van der Waals surface area contributed by atoms with E-state index in [1.165, 1.54) is 10.7 Å². The van der Waals surface area contributed by atoms with Gasteiger partial charge in [0.25, 0.3) is 5.89 Å². The third kappa shape index (κ3) is 3.55. The number of rotatable bonds is 4. The van der Waals surface area contributed by atoms with Crippen LogP contribution in [0.2, 0.25) is 0 Å². The van der Waals surface area contributed by atoms with Gasteiger partial charge in [-0.3, -0.25) is 9.78 Å². The Labute approximate surface area is 198 Å². The van der Waals surface area contributed by atoms with E-state index in [4.69, 9.17) is 4.52 Å². The van der Waals surface area contributed by atoms with Gasteiger partial charge in [0.15, 0.2) is 5.69 Å². The van der Waals surface area contributed by atoms with E-state index in [1.807, 2.05) is 18.2 Å². The van der Waals surface area contributed by atoms with Crippen LogP contribution in [0.1, 0.15) is 12.5 Å². The minimum Gasteiger partial charge on any atom is -0.332 e. The molecule has 4 heterocycles. The number of hydrogen-bond donors (Lipinski definition) is 0. The van der Waals surface area contributed by atoms with E-state index >= 15 is 0 Å². The van der Waals surface area contributed by atoms with Crippen molar-refractivity contribution in [3.05, 3.63) is 78.4 Å². The molecule has 0 saturated heterocycles. The number of pyridine rings is 1. The second-order valence-corrected chi connectivity index (χ2v) is 8.07. The summed E-state index contributed by atoms with van der Waals surface area (Å²) in [5.74, 6) is 0.0257. The molecule has 1 amide bonds. The van der Waals surface area contributed by atoms with Gasteiger partial charge in [-0.05, 0) is 42.3 Å². The highest BCUT2D eigenvalue weighted by molar-refractivity contribution is 5.94. The summed E-state index contributed by atoms with van der Waals surface area (Å²) in [5, 5.41) is 12.6. The molecule has 0 N–H and O–H groups in total. The second kappa shape index (κ2) is 8.24. The number of para-hydroxylation sites is 1. The number of anilines is 1. The predicted octanol–water partition coefficient (Wildman–Crippen LogP) is 4.09. The molecule has 172 valence electrons. The summed E-state index contributed by atoms with van der Waals surface area (Å²) in [7, 11) is 0. The van der Waals surface area contributed by atoms with Crippen molar-refractivity contribution in [2.24, 2.45) is 0 Å². The lowest BCUT2D eigenvalue weighted by Gasteiger charge is -2.14. The van der Waals surface area contributed by atoms with Gasteiger partial charge < -0.3 is 9.42 Å². The first-order chi connectivity index (χ1) is 17.1. The summed E-state index contributed by atoms with van der Waals surface area (Å²) in [6.45, 7) is 2.20. The van der Waals surface area contributed by atoms with E-state index in [1.54, 1.807) is 54.5 Å². The van der Waals surface area contributed by atoms with Gasteiger partial charge in [0, 0.05) is 42.7 Å². The first-order valence-corrected chi connectivity index (χ1v) is 11.0. The Bertz CT molecular complexity index is 1560. The number of carbonyl (C=O) groups is 1. The van der Waals surface area contributed by atoms with Crippen LogP contribution in [0.4, 0.5) is 10.1 Å². The molecule has 1 aliphatic rings. The first kappa shape index (κ1) is 20.8. The molecule has 0 saturated carbocycles. The standard InChI is InChI=1S/C25H18FN7O2/c1-15(34)32-13-10-16-6-7-18(14-21(16)32)24-28-25(35-30-24)22-23(17-8-11-27-12-9-17)33(31-29-22)20-5-3-2-4-19(20)26/h2-9,11-12,14H,10,13H2,1H3. The minimum atomic E-state index is -0.446. The molecule has 3 aromatic heterocycles. The number of benzene rings is 2.